The molecule has 1 atom stereocenters. The summed E-state index contributed by atoms with van der Waals surface area (Å²) in [5, 5.41) is 0. The predicted octanol–water partition coefficient (Wildman–Crippen LogP) is -6.50. The molecule has 22 heavy (non-hydrogen) atoms. The van der Waals surface area contributed by atoms with Gasteiger partial charge in [0.15, 0.2) is 0 Å². The molecule has 0 fully saturated rings. The van der Waals surface area contributed by atoms with Crippen molar-refractivity contribution in [1.82, 2.24) is 4.90 Å². The summed E-state index contributed by atoms with van der Waals surface area (Å²) in [7, 11) is -9.76. The van der Waals surface area contributed by atoms with E-state index in [9.17, 15) is 28.7 Å². The summed E-state index contributed by atoms with van der Waals surface area (Å²) in [5.74, 6) is 0.230. The summed E-state index contributed by atoms with van der Waals surface area (Å²) in [6.45, 7) is 8.25. The molecule has 0 aliphatic carbocycles. The molecule has 0 aliphatic heterocycles. The Labute approximate surface area is 218 Å². The van der Waals surface area contributed by atoms with Crippen LogP contribution in [0.4, 0.5) is 0 Å². The van der Waals surface area contributed by atoms with Crippen molar-refractivity contribution in [3.63, 3.8) is 0 Å². The van der Waals surface area contributed by atoms with Crippen molar-refractivity contribution in [3.8, 4) is 0 Å². The van der Waals surface area contributed by atoms with E-state index in [2.05, 4.69) is 20.8 Å². The van der Waals surface area contributed by atoms with Gasteiger partial charge in [0.25, 0.3) is 0 Å². The maximum absolute atomic E-state index is 10.7. The minimum Gasteiger partial charge on any atom is -0.810 e. The zero-order valence-electron chi connectivity index (χ0n) is 14.4. The van der Waals surface area contributed by atoms with E-state index in [0.717, 1.165) is 11.3 Å². The summed E-state index contributed by atoms with van der Waals surface area (Å²) in [5.41, 5.74) is 0.100. The van der Waals surface area contributed by atoms with Crippen LogP contribution in [0.25, 0.3) is 0 Å². The Hall–Kier alpha value is 3.53. The van der Waals surface area contributed by atoms with E-state index in [4.69, 9.17) is 0 Å². The maximum atomic E-state index is 10.7. The molecule has 0 radical (unpaired) electrons. The molecule has 122 valence electrons. The first kappa shape index (κ1) is 30.3. The van der Waals surface area contributed by atoms with Crippen molar-refractivity contribution in [2.75, 3.05) is 19.1 Å². The Kier molecular flexibility index (Phi) is 17.7. The molecule has 0 spiro atoms. The van der Waals surface area contributed by atoms with Crippen LogP contribution in [0.1, 0.15) is 40.5 Å². The molecule has 0 amide bonds. The second kappa shape index (κ2) is 12.8. The van der Waals surface area contributed by atoms with Gasteiger partial charge in [0.2, 0.25) is 0 Å². The number of hydrogen-bond acceptors (Lipinski definition) is 7. The van der Waals surface area contributed by atoms with Crippen LogP contribution in [0, 0.1) is 11.3 Å². The Morgan fingerprint density at radius 3 is 1.59 bits per heavy atom. The van der Waals surface area contributed by atoms with Gasteiger partial charge in [-0.25, -0.2) is 0 Å². The van der Waals surface area contributed by atoms with Gasteiger partial charge in [-0.3, -0.25) is 4.90 Å². The van der Waals surface area contributed by atoms with E-state index in [1.54, 1.807) is 0 Å². The molecule has 0 N–H and O–H groups in total. The predicted molar refractivity (Wildman–Crippen MR) is 69.5 cm³/mol. The quantitative estimate of drug-likeness (QED) is 0.290. The van der Waals surface area contributed by atoms with Crippen molar-refractivity contribution in [3.05, 3.63) is 0 Å². The fourth-order valence-electron chi connectivity index (χ4n) is 2.23. The number of nitrogens with zero attached hydrogens (tertiary/aromatic N) is 1. The van der Waals surface area contributed by atoms with Crippen LogP contribution in [0.2, 0.25) is 0 Å². The van der Waals surface area contributed by atoms with Gasteiger partial charge >= 0.3 is 103 Å². The van der Waals surface area contributed by atoms with Crippen LogP contribution in [0.15, 0.2) is 0 Å². The maximum Gasteiger partial charge on any atom is 1.00 e. The second-order valence-corrected chi connectivity index (χ2v) is 9.57. The fraction of sp³-hybridized carbons (Fsp3) is 1.00. The van der Waals surface area contributed by atoms with Gasteiger partial charge in [-0.05, 0) is 30.7 Å². The smallest absolute Gasteiger partial charge is 0.810 e. The first-order chi connectivity index (χ1) is 8.68. The molecule has 1 unspecified atom stereocenters. The minimum atomic E-state index is -4.88. The summed E-state index contributed by atoms with van der Waals surface area (Å²) >= 11 is 0. The van der Waals surface area contributed by atoms with Crippen LogP contribution in [-0.4, -0.2) is 24.0 Å². The number of rotatable bonds is 8. The van der Waals surface area contributed by atoms with Gasteiger partial charge in [0.1, 0.15) is 0 Å². The van der Waals surface area contributed by atoms with E-state index in [1.807, 2.05) is 6.92 Å². The average Bonchev–Trinajstić information content (AvgIpc) is 2.06. The zero-order chi connectivity index (χ0) is 16.2. The molecule has 0 aromatic heterocycles. The van der Waals surface area contributed by atoms with Crippen LogP contribution in [0.5, 0.6) is 0 Å². The molecule has 7 nitrogen and oxygen atoms in total. The third-order valence-electron chi connectivity index (χ3n) is 2.65. The van der Waals surface area contributed by atoms with Crippen molar-refractivity contribution < 1.29 is 131 Å². The summed E-state index contributed by atoms with van der Waals surface area (Å²) in [6.07, 6.45) is -0.454. The molecule has 11 heteroatoms. The monoisotopic (exact) mass is 405 g/mol. The van der Waals surface area contributed by atoms with E-state index >= 15 is 0 Å². The Morgan fingerprint density at radius 2 is 1.32 bits per heavy atom. The zero-order valence-corrected chi connectivity index (χ0v) is 22.4. The van der Waals surface area contributed by atoms with Gasteiger partial charge in [-0.2, -0.15) is 0 Å². The van der Waals surface area contributed by atoms with E-state index in [-0.39, 0.29) is 121 Å². The largest absolute Gasteiger partial charge is 1.00 e. The molecule has 0 saturated carbocycles. The van der Waals surface area contributed by atoms with Gasteiger partial charge in [-0.1, -0.05) is 42.9 Å². The first-order valence-electron chi connectivity index (χ1n) is 6.42. The second-order valence-electron chi connectivity index (χ2n) is 6.56. The minimum absolute atomic E-state index is 0. The molecular formula is C11H23K2NO6P2-2. The molecule has 0 saturated heterocycles. The van der Waals surface area contributed by atoms with Crippen LogP contribution in [-0.2, 0) is 9.13 Å². The molecule has 0 rings (SSSR count). The van der Waals surface area contributed by atoms with Gasteiger partial charge in [0.05, 0.1) is 0 Å². The van der Waals surface area contributed by atoms with Crippen LogP contribution in [0.3, 0.4) is 0 Å². The van der Waals surface area contributed by atoms with Crippen LogP contribution < -0.4 is 122 Å². The Bertz CT molecular complexity index is 369. The molecule has 0 bridgehead atoms. The van der Waals surface area contributed by atoms with Crippen LogP contribution >= 0.6 is 15.2 Å². The van der Waals surface area contributed by atoms with Crippen molar-refractivity contribution in [2.45, 2.75) is 40.5 Å². The Balaban J connectivity index is -0.00000180. The first-order valence-corrected chi connectivity index (χ1v) is 9.88. The molecule has 0 heterocycles. The van der Waals surface area contributed by atoms with E-state index in [1.165, 1.54) is 0 Å². The molecule has 0 aliphatic rings. The standard InChI is InChI=1S/C11H27NO6P2.2K/c1-10(7-11(2,3)4)5-6-12(8-19(13,14)15)9-20(16,17)18;;/h10H,5-9H2,1-4H3,(H2,13,14,15)(H2,16,17,18);;/q;2*+1/p-4. The van der Waals surface area contributed by atoms with Crippen molar-refractivity contribution in [1.29, 1.82) is 0 Å². The van der Waals surface area contributed by atoms with Crippen molar-refractivity contribution in [2.24, 2.45) is 11.3 Å². The summed E-state index contributed by atoms with van der Waals surface area (Å²) in [6, 6.07) is 0. The van der Waals surface area contributed by atoms with E-state index < -0.39 is 27.8 Å². The molecular weight excluding hydrogens is 382 g/mol. The topological polar surface area (TPSA) is 130 Å². The van der Waals surface area contributed by atoms with Gasteiger partial charge in [0, 0.05) is 12.6 Å². The average molecular weight is 405 g/mol. The fourth-order valence-corrected chi connectivity index (χ4v) is 3.85. The summed E-state index contributed by atoms with van der Waals surface area (Å²) in [4.78, 5) is 43.9. The number of hydrogen-bond donors (Lipinski definition) is 0. The Morgan fingerprint density at radius 1 is 0.955 bits per heavy atom. The SMILES string of the molecule is CC(CCN(CP(=O)([O-])[O-])CP(=O)([O-])[O-])CC(C)(C)C.[K+].[K+]. The third-order valence-corrected chi connectivity index (χ3v) is 4.14. The molecule has 0 aromatic rings. The van der Waals surface area contributed by atoms with Gasteiger partial charge < -0.3 is 28.7 Å². The van der Waals surface area contributed by atoms with Crippen molar-refractivity contribution >= 4 is 15.2 Å². The summed E-state index contributed by atoms with van der Waals surface area (Å²) < 4.78 is 21.5. The van der Waals surface area contributed by atoms with E-state index in [0.29, 0.717) is 6.42 Å². The van der Waals surface area contributed by atoms with Gasteiger partial charge in [-0.15, -0.1) is 0 Å². The normalized spacial score (nSPS) is 14.2. The molecule has 0 aromatic carbocycles. The third kappa shape index (κ3) is 21.6.